The van der Waals surface area contributed by atoms with Gasteiger partial charge in [-0.25, -0.2) is 4.98 Å². The van der Waals surface area contributed by atoms with Crippen LogP contribution in [0.4, 0.5) is 5.13 Å². The molecule has 5 nitrogen and oxygen atoms in total. The fourth-order valence-electron chi connectivity index (χ4n) is 2.97. The largest absolute Gasteiger partial charge is 0.375 e. The Hall–Kier alpha value is -1.14. The molecule has 0 radical (unpaired) electrons. The number of thiazole rings is 1. The molecule has 2 atom stereocenters. The summed E-state index contributed by atoms with van der Waals surface area (Å²) in [4.78, 5) is 18.5. The number of carbonyl (C=O) groups is 1. The minimum atomic E-state index is 0.262. The van der Waals surface area contributed by atoms with Gasteiger partial charge in [-0.2, -0.15) is 0 Å². The smallest absolute Gasteiger partial charge is 0.223 e. The zero-order valence-corrected chi connectivity index (χ0v) is 11.1. The molecule has 0 aliphatic carbocycles. The SMILES string of the molecule is Nc1nc(CCC(=O)N2CCC3CNCC32)cs1. The van der Waals surface area contributed by atoms with Gasteiger partial charge >= 0.3 is 0 Å². The van der Waals surface area contributed by atoms with Crippen LogP contribution >= 0.6 is 11.3 Å². The minimum Gasteiger partial charge on any atom is -0.375 e. The number of nitrogens with zero attached hydrogens (tertiary/aromatic N) is 2. The Morgan fingerprint density at radius 1 is 1.61 bits per heavy atom. The molecule has 3 N–H and O–H groups in total. The third-order valence-electron chi connectivity index (χ3n) is 3.93. The fraction of sp³-hybridized carbons (Fsp3) is 0.667. The van der Waals surface area contributed by atoms with Crippen molar-refractivity contribution in [2.45, 2.75) is 25.3 Å². The maximum Gasteiger partial charge on any atom is 0.223 e. The van der Waals surface area contributed by atoms with Crippen LogP contribution in [0.25, 0.3) is 0 Å². The maximum absolute atomic E-state index is 12.2. The van der Waals surface area contributed by atoms with Crippen LogP contribution in [0.1, 0.15) is 18.5 Å². The number of rotatable bonds is 3. The molecule has 2 aliphatic rings. The van der Waals surface area contributed by atoms with Gasteiger partial charge in [-0.15, -0.1) is 11.3 Å². The van der Waals surface area contributed by atoms with Crippen LogP contribution in [0.5, 0.6) is 0 Å². The highest BCUT2D eigenvalue weighted by Gasteiger charge is 2.39. The van der Waals surface area contributed by atoms with Gasteiger partial charge in [-0.1, -0.05) is 0 Å². The first kappa shape index (κ1) is 11.9. The Morgan fingerprint density at radius 2 is 2.50 bits per heavy atom. The van der Waals surface area contributed by atoms with E-state index in [-0.39, 0.29) is 5.91 Å². The minimum absolute atomic E-state index is 0.262. The van der Waals surface area contributed by atoms with Crippen LogP contribution in [0.15, 0.2) is 5.38 Å². The predicted octanol–water partition coefficient (Wildman–Crippen LogP) is 0.478. The average Bonchev–Trinajstić information content (AvgIpc) is 3.01. The van der Waals surface area contributed by atoms with Crippen molar-refractivity contribution in [3.05, 3.63) is 11.1 Å². The van der Waals surface area contributed by atoms with Crippen molar-refractivity contribution in [1.82, 2.24) is 15.2 Å². The number of aromatic nitrogens is 1. The first-order chi connectivity index (χ1) is 8.74. The average molecular weight is 266 g/mol. The molecule has 1 aromatic heterocycles. The van der Waals surface area contributed by atoms with E-state index in [0.29, 0.717) is 29.9 Å². The second kappa shape index (κ2) is 4.85. The number of anilines is 1. The third kappa shape index (κ3) is 2.22. The van der Waals surface area contributed by atoms with E-state index in [9.17, 15) is 4.79 Å². The number of hydrogen-bond acceptors (Lipinski definition) is 5. The number of nitrogens with two attached hydrogens (primary N) is 1. The molecular formula is C12H18N4OS. The van der Waals surface area contributed by atoms with Crippen molar-refractivity contribution >= 4 is 22.4 Å². The number of carbonyl (C=O) groups excluding carboxylic acids is 1. The van der Waals surface area contributed by atoms with Crippen LogP contribution in [-0.4, -0.2) is 41.5 Å². The Kier molecular flexibility index (Phi) is 3.22. The van der Waals surface area contributed by atoms with Crippen LogP contribution in [0, 0.1) is 5.92 Å². The monoisotopic (exact) mass is 266 g/mol. The lowest BCUT2D eigenvalue weighted by atomic mass is 10.1. The lowest BCUT2D eigenvalue weighted by Gasteiger charge is -2.23. The molecule has 98 valence electrons. The van der Waals surface area contributed by atoms with Gasteiger partial charge in [0.2, 0.25) is 5.91 Å². The van der Waals surface area contributed by atoms with Crippen LogP contribution in [0.3, 0.4) is 0 Å². The second-order valence-corrected chi connectivity index (χ2v) is 5.93. The van der Waals surface area contributed by atoms with E-state index in [2.05, 4.69) is 15.2 Å². The van der Waals surface area contributed by atoms with Crippen LogP contribution in [-0.2, 0) is 11.2 Å². The van der Waals surface area contributed by atoms with Crippen molar-refractivity contribution in [2.75, 3.05) is 25.4 Å². The first-order valence-corrected chi connectivity index (χ1v) is 7.32. The number of aryl methyl sites for hydroxylation is 1. The van der Waals surface area contributed by atoms with E-state index < -0.39 is 0 Å². The highest BCUT2D eigenvalue weighted by Crippen LogP contribution is 2.27. The molecule has 0 saturated carbocycles. The summed E-state index contributed by atoms with van der Waals surface area (Å²) >= 11 is 1.44. The van der Waals surface area contributed by atoms with Crippen LogP contribution in [0.2, 0.25) is 0 Å². The topological polar surface area (TPSA) is 71.2 Å². The lowest BCUT2D eigenvalue weighted by molar-refractivity contribution is -0.131. The zero-order valence-electron chi connectivity index (χ0n) is 10.3. The van der Waals surface area contributed by atoms with Crippen molar-refractivity contribution in [2.24, 2.45) is 5.92 Å². The van der Waals surface area contributed by atoms with Gasteiger partial charge in [0.1, 0.15) is 0 Å². The van der Waals surface area contributed by atoms with Gasteiger partial charge < -0.3 is 16.0 Å². The molecule has 3 rings (SSSR count). The molecule has 6 heteroatoms. The van der Waals surface area contributed by atoms with E-state index in [4.69, 9.17) is 5.73 Å². The maximum atomic E-state index is 12.2. The van der Waals surface area contributed by atoms with Gasteiger partial charge in [-0.3, -0.25) is 4.79 Å². The number of fused-ring (bicyclic) bond motifs is 1. The summed E-state index contributed by atoms with van der Waals surface area (Å²) in [5, 5.41) is 5.88. The molecule has 3 heterocycles. The number of nitrogen functional groups attached to an aromatic ring is 1. The number of hydrogen-bond donors (Lipinski definition) is 2. The fourth-order valence-corrected chi connectivity index (χ4v) is 3.57. The Labute approximate surface area is 110 Å². The quantitative estimate of drug-likeness (QED) is 0.834. The van der Waals surface area contributed by atoms with E-state index in [1.165, 1.54) is 11.3 Å². The molecule has 18 heavy (non-hydrogen) atoms. The molecule has 0 spiro atoms. The Morgan fingerprint density at radius 3 is 3.28 bits per heavy atom. The van der Waals surface area contributed by atoms with Crippen molar-refractivity contribution < 1.29 is 4.79 Å². The van der Waals surface area contributed by atoms with Gasteiger partial charge in [-0.05, 0) is 18.8 Å². The summed E-state index contributed by atoms with van der Waals surface area (Å²) in [5.41, 5.74) is 6.52. The van der Waals surface area contributed by atoms with Crippen molar-refractivity contribution in [3.63, 3.8) is 0 Å². The summed E-state index contributed by atoms with van der Waals surface area (Å²) in [5.74, 6) is 0.932. The third-order valence-corrected chi connectivity index (χ3v) is 4.65. The van der Waals surface area contributed by atoms with E-state index >= 15 is 0 Å². The molecular weight excluding hydrogens is 248 g/mol. The Bertz CT molecular complexity index is 447. The summed E-state index contributed by atoms with van der Waals surface area (Å²) < 4.78 is 0. The second-order valence-electron chi connectivity index (χ2n) is 5.04. The molecule has 1 amide bonds. The Balaban J connectivity index is 1.55. The molecule has 0 aromatic carbocycles. The number of amides is 1. The number of nitrogens with one attached hydrogen (secondary N) is 1. The zero-order chi connectivity index (χ0) is 12.5. The molecule has 2 aliphatic heterocycles. The lowest BCUT2D eigenvalue weighted by Crippen LogP contribution is -2.39. The van der Waals surface area contributed by atoms with E-state index in [1.807, 2.05) is 5.38 Å². The molecule has 1 aromatic rings. The summed E-state index contributed by atoms with van der Waals surface area (Å²) in [6, 6.07) is 0.429. The molecule has 0 bridgehead atoms. The molecule has 2 saturated heterocycles. The predicted molar refractivity (Wildman–Crippen MR) is 71.3 cm³/mol. The summed E-state index contributed by atoms with van der Waals surface area (Å²) in [7, 11) is 0. The highest BCUT2D eigenvalue weighted by molar-refractivity contribution is 7.13. The van der Waals surface area contributed by atoms with Crippen LogP contribution < -0.4 is 11.1 Å². The standard InChI is InChI=1S/C12H18N4OS/c13-12-15-9(7-18-12)1-2-11(17)16-4-3-8-5-14-6-10(8)16/h7-8,10,14H,1-6H2,(H2,13,15). The molecule has 2 unspecified atom stereocenters. The van der Waals surface area contributed by atoms with Gasteiger partial charge in [0.25, 0.3) is 0 Å². The van der Waals surface area contributed by atoms with Crippen molar-refractivity contribution in [3.8, 4) is 0 Å². The highest BCUT2D eigenvalue weighted by atomic mass is 32.1. The number of likely N-dealkylation sites (tertiary alicyclic amines) is 1. The summed E-state index contributed by atoms with van der Waals surface area (Å²) in [6.07, 6.45) is 2.40. The van der Waals surface area contributed by atoms with Gasteiger partial charge in [0.15, 0.2) is 5.13 Å². The van der Waals surface area contributed by atoms with Gasteiger partial charge in [0, 0.05) is 37.5 Å². The normalized spacial score (nSPS) is 26.6. The first-order valence-electron chi connectivity index (χ1n) is 6.44. The van der Waals surface area contributed by atoms with Gasteiger partial charge in [0.05, 0.1) is 5.69 Å². The van der Waals surface area contributed by atoms with E-state index in [1.54, 1.807) is 0 Å². The van der Waals surface area contributed by atoms with E-state index in [0.717, 1.165) is 31.7 Å². The molecule has 2 fully saturated rings. The summed E-state index contributed by atoms with van der Waals surface area (Å²) in [6.45, 7) is 2.95. The van der Waals surface area contributed by atoms with Crippen molar-refractivity contribution in [1.29, 1.82) is 0 Å².